The normalized spacial score (nSPS) is 10.6. The van der Waals surface area contributed by atoms with Gasteiger partial charge in [0.25, 0.3) is 0 Å². The lowest BCUT2D eigenvalue weighted by molar-refractivity contribution is 0.681. The predicted octanol–water partition coefficient (Wildman–Crippen LogP) is 3.98. The van der Waals surface area contributed by atoms with E-state index < -0.39 is 0 Å². The number of halogens is 1. The van der Waals surface area contributed by atoms with Gasteiger partial charge in [-0.1, -0.05) is 41.1 Å². The van der Waals surface area contributed by atoms with Crippen molar-refractivity contribution in [1.82, 2.24) is 9.55 Å². The van der Waals surface area contributed by atoms with Gasteiger partial charge in [-0.3, -0.25) is 0 Å². The first-order valence-electron chi connectivity index (χ1n) is 6.21. The van der Waals surface area contributed by atoms with E-state index in [4.69, 9.17) is 0 Å². The highest BCUT2D eigenvalue weighted by molar-refractivity contribution is 9.10. The summed E-state index contributed by atoms with van der Waals surface area (Å²) in [5.74, 6) is 0.949. The zero-order valence-electron chi connectivity index (χ0n) is 10.8. The van der Waals surface area contributed by atoms with Crippen LogP contribution in [0.1, 0.15) is 24.6 Å². The maximum Gasteiger partial charge on any atom is 0.203 e. The number of imidazole rings is 1. The van der Waals surface area contributed by atoms with Crippen LogP contribution in [0.25, 0.3) is 0 Å². The fraction of sp³-hybridized carbons (Fsp3) is 0.357. The third kappa shape index (κ3) is 3.13. The molecular weight excluding hydrogens is 290 g/mol. The van der Waals surface area contributed by atoms with Gasteiger partial charge in [-0.25, -0.2) is 4.98 Å². The molecular formula is C14H18BrN3. The highest BCUT2D eigenvalue weighted by Gasteiger charge is 2.05. The fourth-order valence-electron chi connectivity index (χ4n) is 1.92. The summed E-state index contributed by atoms with van der Waals surface area (Å²) in [5.41, 5.74) is 2.29. The average Bonchev–Trinajstić information content (AvgIpc) is 2.69. The Labute approximate surface area is 116 Å². The van der Waals surface area contributed by atoms with Crippen molar-refractivity contribution in [2.45, 2.75) is 33.4 Å². The molecule has 2 aromatic rings. The summed E-state index contributed by atoms with van der Waals surface area (Å²) in [4.78, 5) is 4.51. The van der Waals surface area contributed by atoms with Crippen LogP contribution in [-0.4, -0.2) is 9.55 Å². The van der Waals surface area contributed by atoms with Gasteiger partial charge in [-0.2, -0.15) is 0 Å². The van der Waals surface area contributed by atoms with Gasteiger partial charge in [0, 0.05) is 23.8 Å². The summed E-state index contributed by atoms with van der Waals surface area (Å²) in [6.45, 7) is 5.98. The van der Waals surface area contributed by atoms with Gasteiger partial charge in [0.05, 0.1) is 5.69 Å². The molecule has 0 aliphatic rings. The van der Waals surface area contributed by atoms with Crippen LogP contribution in [0.5, 0.6) is 0 Å². The molecule has 1 aromatic heterocycles. The maximum atomic E-state index is 4.51. The molecule has 0 aliphatic heterocycles. The molecule has 1 heterocycles. The number of benzene rings is 1. The average molecular weight is 308 g/mol. The molecule has 0 saturated heterocycles. The molecule has 4 heteroatoms. The van der Waals surface area contributed by atoms with Crippen molar-refractivity contribution in [3.05, 3.63) is 46.2 Å². The van der Waals surface area contributed by atoms with E-state index in [1.165, 1.54) is 5.56 Å². The lowest BCUT2D eigenvalue weighted by atomic mass is 10.2. The molecule has 0 spiro atoms. The molecule has 3 nitrogen and oxygen atoms in total. The van der Waals surface area contributed by atoms with Gasteiger partial charge < -0.3 is 9.88 Å². The topological polar surface area (TPSA) is 29.9 Å². The van der Waals surface area contributed by atoms with Crippen LogP contribution in [0, 0.1) is 6.92 Å². The molecule has 0 unspecified atom stereocenters. The second-order valence-corrected chi connectivity index (χ2v) is 5.20. The molecule has 0 bridgehead atoms. The molecule has 18 heavy (non-hydrogen) atoms. The minimum absolute atomic E-state index is 0.779. The van der Waals surface area contributed by atoms with Gasteiger partial charge >= 0.3 is 0 Å². The van der Waals surface area contributed by atoms with Crippen molar-refractivity contribution < 1.29 is 0 Å². The van der Waals surface area contributed by atoms with Crippen LogP contribution < -0.4 is 5.32 Å². The summed E-state index contributed by atoms with van der Waals surface area (Å²) in [5, 5.41) is 3.40. The minimum Gasteiger partial charge on any atom is -0.352 e. The van der Waals surface area contributed by atoms with Crippen LogP contribution in [0.4, 0.5) is 5.95 Å². The first kappa shape index (κ1) is 13.1. The van der Waals surface area contributed by atoms with Crippen molar-refractivity contribution in [3.63, 3.8) is 0 Å². The summed E-state index contributed by atoms with van der Waals surface area (Å²) >= 11 is 3.56. The second kappa shape index (κ2) is 6.05. The standard InChI is InChI=1S/C14H18BrN3/c1-3-8-18-10-11(2)17-14(18)16-9-12-6-4-5-7-13(12)15/h4-7,10H,3,8-9H2,1-2H3,(H,16,17). The van der Waals surface area contributed by atoms with E-state index in [9.17, 15) is 0 Å². The number of aryl methyl sites for hydroxylation is 2. The minimum atomic E-state index is 0.779. The number of aromatic nitrogens is 2. The third-order valence-electron chi connectivity index (χ3n) is 2.76. The summed E-state index contributed by atoms with van der Waals surface area (Å²) < 4.78 is 3.30. The lowest BCUT2D eigenvalue weighted by Crippen LogP contribution is -2.07. The van der Waals surface area contributed by atoms with Crippen molar-refractivity contribution in [1.29, 1.82) is 0 Å². The van der Waals surface area contributed by atoms with E-state index in [0.717, 1.165) is 35.6 Å². The molecule has 1 aromatic carbocycles. The van der Waals surface area contributed by atoms with Gasteiger partial charge in [0.1, 0.15) is 0 Å². The quantitative estimate of drug-likeness (QED) is 0.905. The van der Waals surface area contributed by atoms with Gasteiger partial charge in [0.15, 0.2) is 0 Å². The largest absolute Gasteiger partial charge is 0.352 e. The fourth-order valence-corrected chi connectivity index (χ4v) is 2.34. The zero-order chi connectivity index (χ0) is 13.0. The molecule has 2 rings (SSSR count). The van der Waals surface area contributed by atoms with Crippen LogP contribution in [0.15, 0.2) is 34.9 Å². The van der Waals surface area contributed by atoms with Gasteiger partial charge in [0.2, 0.25) is 5.95 Å². The Bertz CT molecular complexity index is 520. The van der Waals surface area contributed by atoms with Gasteiger partial charge in [-0.15, -0.1) is 0 Å². The number of nitrogens with zero attached hydrogens (tertiary/aromatic N) is 2. The van der Waals surface area contributed by atoms with Gasteiger partial charge in [-0.05, 0) is 25.0 Å². The second-order valence-electron chi connectivity index (χ2n) is 4.34. The highest BCUT2D eigenvalue weighted by atomic mass is 79.9. The van der Waals surface area contributed by atoms with Crippen molar-refractivity contribution in [2.24, 2.45) is 0 Å². The number of hydrogen-bond donors (Lipinski definition) is 1. The summed E-state index contributed by atoms with van der Waals surface area (Å²) in [7, 11) is 0. The van der Waals surface area contributed by atoms with Crippen molar-refractivity contribution in [2.75, 3.05) is 5.32 Å². The Morgan fingerprint density at radius 2 is 2.11 bits per heavy atom. The summed E-state index contributed by atoms with van der Waals surface area (Å²) in [6, 6.07) is 8.24. The van der Waals surface area contributed by atoms with Crippen LogP contribution in [0.2, 0.25) is 0 Å². The number of rotatable bonds is 5. The Morgan fingerprint density at radius 3 is 2.83 bits per heavy atom. The van der Waals surface area contributed by atoms with Crippen LogP contribution >= 0.6 is 15.9 Å². The smallest absolute Gasteiger partial charge is 0.203 e. The Hall–Kier alpha value is -1.29. The third-order valence-corrected chi connectivity index (χ3v) is 3.53. The highest BCUT2D eigenvalue weighted by Crippen LogP contribution is 2.17. The van der Waals surface area contributed by atoms with E-state index in [1.54, 1.807) is 0 Å². The molecule has 0 fully saturated rings. The van der Waals surface area contributed by atoms with E-state index in [2.05, 4.69) is 56.1 Å². The van der Waals surface area contributed by atoms with Crippen molar-refractivity contribution in [3.8, 4) is 0 Å². The Kier molecular flexibility index (Phi) is 4.42. The van der Waals surface area contributed by atoms with E-state index in [1.807, 2.05) is 19.1 Å². The number of nitrogens with one attached hydrogen (secondary N) is 1. The van der Waals surface area contributed by atoms with E-state index in [0.29, 0.717) is 0 Å². The SMILES string of the molecule is CCCn1cc(C)nc1NCc1ccccc1Br. The van der Waals surface area contributed by atoms with E-state index in [-0.39, 0.29) is 0 Å². The number of anilines is 1. The van der Waals surface area contributed by atoms with Crippen molar-refractivity contribution >= 4 is 21.9 Å². The van der Waals surface area contributed by atoms with Crippen LogP contribution in [-0.2, 0) is 13.1 Å². The molecule has 0 aliphatic carbocycles. The Morgan fingerprint density at radius 1 is 1.33 bits per heavy atom. The zero-order valence-corrected chi connectivity index (χ0v) is 12.4. The molecule has 0 radical (unpaired) electrons. The molecule has 0 amide bonds. The molecule has 96 valence electrons. The molecule has 0 atom stereocenters. The monoisotopic (exact) mass is 307 g/mol. The Balaban J connectivity index is 2.08. The molecule has 0 saturated carbocycles. The lowest BCUT2D eigenvalue weighted by Gasteiger charge is -2.09. The first-order chi connectivity index (χ1) is 8.70. The first-order valence-corrected chi connectivity index (χ1v) is 7.01. The number of hydrogen-bond acceptors (Lipinski definition) is 2. The molecule has 1 N–H and O–H groups in total. The van der Waals surface area contributed by atoms with E-state index >= 15 is 0 Å². The van der Waals surface area contributed by atoms with Crippen LogP contribution in [0.3, 0.4) is 0 Å². The summed E-state index contributed by atoms with van der Waals surface area (Å²) in [6.07, 6.45) is 3.20. The maximum absolute atomic E-state index is 4.51. The predicted molar refractivity (Wildman–Crippen MR) is 78.7 cm³/mol.